The standard InChI is InChI=1S/C26H27N3O6.CH4S/c1-15-6-7-16(29(32)33)12-22(15)35-14-20-18(19-9-8-17(30)13-23(19)34-5)10-11-21-24(20)28(4)25(31)26(2,3)27-21;1-2/h6-13,27,30H,14H2,1-5H3;2H,1H3. The second kappa shape index (κ2) is 11.0. The van der Waals surface area contributed by atoms with Crippen molar-refractivity contribution < 1.29 is 24.3 Å². The third-order valence-electron chi connectivity index (χ3n) is 6.13. The number of rotatable bonds is 6. The van der Waals surface area contributed by atoms with E-state index in [-0.39, 0.29) is 24.0 Å². The fourth-order valence-electron chi connectivity index (χ4n) is 4.34. The van der Waals surface area contributed by atoms with Gasteiger partial charge in [-0.2, -0.15) is 12.6 Å². The van der Waals surface area contributed by atoms with E-state index in [0.717, 1.165) is 16.8 Å². The average molecular weight is 526 g/mol. The number of ether oxygens (including phenoxy) is 2. The van der Waals surface area contributed by atoms with Crippen molar-refractivity contribution in [3.05, 3.63) is 69.8 Å². The summed E-state index contributed by atoms with van der Waals surface area (Å²) >= 11 is 3.53. The molecule has 0 aromatic heterocycles. The minimum Gasteiger partial charge on any atom is -0.508 e. The molecule has 4 rings (SSSR count). The number of hydrogen-bond donors (Lipinski definition) is 3. The number of carbonyl (C=O) groups excluding carboxylic acids is 1. The monoisotopic (exact) mass is 525 g/mol. The van der Waals surface area contributed by atoms with E-state index in [4.69, 9.17) is 9.47 Å². The molecule has 0 saturated carbocycles. The maximum absolute atomic E-state index is 13.1. The van der Waals surface area contributed by atoms with Crippen LogP contribution >= 0.6 is 12.6 Å². The van der Waals surface area contributed by atoms with Crippen molar-refractivity contribution >= 4 is 35.6 Å². The highest BCUT2D eigenvalue weighted by atomic mass is 32.1. The van der Waals surface area contributed by atoms with E-state index in [1.807, 2.05) is 32.9 Å². The van der Waals surface area contributed by atoms with Gasteiger partial charge in [0.2, 0.25) is 0 Å². The molecule has 2 N–H and O–H groups in total. The Balaban J connectivity index is 0.00000186. The minimum absolute atomic E-state index is 0.0320. The summed E-state index contributed by atoms with van der Waals surface area (Å²) in [5.41, 5.74) is 3.41. The van der Waals surface area contributed by atoms with Crippen molar-refractivity contribution in [3.8, 4) is 28.4 Å². The number of phenols is 1. The summed E-state index contributed by atoms with van der Waals surface area (Å²) in [7, 11) is 3.22. The largest absolute Gasteiger partial charge is 0.508 e. The van der Waals surface area contributed by atoms with Crippen molar-refractivity contribution in [2.75, 3.05) is 30.6 Å². The van der Waals surface area contributed by atoms with Gasteiger partial charge in [-0.1, -0.05) is 6.07 Å². The average Bonchev–Trinajstić information content (AvgIpc) is 2.87. The quantitative estimate of drug-likeness (QED) is 0.219. The number of fused-ring (bicyclic) bond motifs is 1. The fourth-order valence-corrected chi connectivity index (χ4v) is 4.34. The summed E-state index contributed by atoms with van der Waals surface area (Å²) in [5.74, 6) is 0.770. The lowest BCUT2D eigenvalue weighted by Crippen LogP contribution is -2.52. The van der Waals surface area contributed by atoms with E-state index in [2.05, 4.69) is 17.9 Å². The number of nitro benzene ring substituents is 1. The Hall–Kier alpha value is -3.92. The predicted molar refractivity (Wildman–Crippen MR) is 148 cm³/mol. The van der Waals surface area contributed by atoms with Gasteiger partial charge in [-0.3, -0.25) is 14.9 Å². The molecule has 1 amide bonds. The van der Waals surface area contributed by atoms with Crippen LogP contribution in [0.5, 0.6) is 17.2 Å². The Morgan fingerprint density at radius 2 is 1.76 bits per heavy atom. The Morgan fingerprint density at radius 3 is 2.41 bits per heavy atom. The van der Waals surface area contributed by atoms with Crippen LogP contribution < -0.4 is 19.7 Å². The molecule has 0 fully saturated rings. The van der Waals surface area contributed by atoms with Crippen LogP contribution in [-0.4, -0.2) is 41.9 Å². The summed E-state index contributed by atoms with van der Waals surface area (Å²) in [6.45, 7) is 5.47. The molecular formula is C27H31N3O6S. The number of methoxy groups -OCH3 is 1. The lowest BCUT2D eigenvalue weighted by atomic mass is 9.91. The van der Waals surface area contributed by atoms with E-state index in [0.29, 0.717) is 28.3 Å². The van der Waals surface area contributed by atoms with Crippen LogP contribution in [-0.2, 0) is 11.4 Å². The number of likely N-dealkylation sites (N-methyl/N-ethyl adjacent to an activating group) is 1. The molecule has 9 nitrogen and oxygen atoms in total. The van der Waals surface area contributed by atoms with Crippen LogP contribution in [0, 0.1) is 17.0 Å². The van der Waals surface area contributed by atoms with Crippen LogP contribution in [0.15, 0.2) is 48.5 Å². The van der Waals surface area contributed by atoms with Gasteiger partial charge in [0.05, 0.1) is 29.5 Å². The van der Waals surface area contributed by atoms with Crippen LogP contribution in [0.3, 0.4) is 0 Å². The highest BCUT2D eigenvalue weighted by molar-refractivity contribution is 7.79. The number of aryl methyl sites for hydroxylation is 1. The van der Waals surface area contributed by atoms with Crippen molar-refractivity contribution in [2.45, 2.75) is 32.9 Å². The molecule has 0 radical (unpaired) electrons. The third-order valence-corrected chi connectivity index (χ3v) is 6.13. The molecule has 0 atom stereocenters. The molecule has 0 aliphatic carbocycles. The number of anilines is 2. The topological polar surface area (TPSA) is 114 Å². The maximum Gasteiger partial charge on any atom is 0.273 e. The van der Waals surface area contributed by atoms with Gasteiger partial charge in [0.1, 0.15) is 29.4 Å². The van der Waals surface area contributed by atoms with E-state index in [1.54, 1.807) is 36.4 Å². The molecule has 1 aliphatic rings. The number of amides is 1. The predicted octanol–water partition coefficient (Wildman–Crippen LogP) is 5.58. The van der Waals surface area contributed by atoms with E-state index in [9.17, 15) is 20.0 Å². The summed E-state index contributed by atoms with van der Waals surface area (Å²) in [6.07, 6.45) is 1.69. The molecule has 10 heteroatoms. The third kappa shape index (κ3) is 5.43. The van der Waals surface area contributed by atoms with Gasteiger partial charge in [0, 0.05) is 30.3 Å². The lowest BCUT2D eigenvalue weighted by Gasteiger charge is -2.39. The SMILES string of the molecule is COc1cc(O)ccc1-c1ccc2c(c1COc1cc([N+](=O)[O-])ccc1C)N(C)C(=O)C(C)(C)N2.CS. The molecule has 0 unspecified atom stereocenters. The van der Waals surface area contributed by atoms with Crippen LogP contribution in [0.1, 0.15) is 25.0 Å². The first-order valence-electron chi connectivity index (χ1n) is 11.5. The molecular weight excluding hydrogens is 494 g/mol. The van der Waals surface area contributed by atoms with Gasteiger partial charge < -0.3 is 24.8 Å². The van der Waals surface area contributed by atoms with Gasteiger partial charge >= 0.3 is 0 Å². The first kappa shape index (κ1) is 27.7. The van der Waals surface area contributed by atoms with Gasteiger partial charge in [-0.15, -0.1) is 0 Å². The molecule has 3 aromatic carbocycles. The number of non-ortho nitro benzene ring substituents is 1. The molecule has 37 heavy (non-hydrogen) atoms. The van der Waals surface area contributed by atoms with Crippen molar-refractivity contribution in [1.29, 1.82) is 0 Å². The Kier molecular flexibility index (Phi) is 8.22. The zero-order valence-corrected chi connectivity index (χ0v) is 22.6. The van der Waals surface area contributed by atoms with Gasteiger partial charge in [0.15, 0.2) is 0 Å². The van der Waals surface area contributed by atoms with Crippen LogP contribution in [0.25, 0.3) is 11.1 Å². The smallest absolute Gasteiger partial charge is 0.273 e. The molecule has 0 saturated heterocycles. The Bertz CT molecular complexity index is 1340. The number of phenolic OH excluding ortho intramolecular Hbond substituents is 1. The molecule has 3 aromatic rings. The second-order valence-electron chi connectivity index (χ2n) is 8.98. The number of hydrogen-bond acceptors (Lipinski definition) is 8. The molecule has 1 aliphatic heterocycles. The Labute approximate surface area is 221 Å². The molecule has 196 valence electrons. The van der Waals surface area contributed by atoms with Gasteiger partial charge in [0.25, 0.3) is 11.6 Å². The lowest BCUT2D eigenvalue weighted by molar-refractivity contribution is -0.385. The highest BCUT2D eigenvalue weighted by Gasteiger charge is 2.38. The fraction of sp³-hybridized carbons (Fsp3) is 0.296. The molecule has 0 spiro atoms. The first-order chi connectivity index (χ1) is 17.5. The van der Waals surface area contributed by atoms with Crippen molar-refractivity contribution in [3.63, 3.8) is 0 Å². The molecule has 1 heterocycles. The zero-order valence-electron chi connectivity index (χ0n) is 21.7. The second-order valence-corrected chi connectivity index (χ2v) is 8.98. The number of nitrogens with one attached hydrogen (secondary N) is 1. The highest BCUT2D eigenvalue weighted by Crippen LogP contribution is 2.45. The zero-order chi connectivity index (χ0) is 27.5. The van der Waals surface area contributed by atoms with Crippen molar-refractivity contribution in [1.82, 2.24) is 0 Å². The summed E-state index contributed by atoms with van der Waals surface area (Å²) in [5, 5.41) is 24.5. The summed E-state index contributed by atoms with van der Waals surface area (Å²) in [4.78, 5) is 25.5. The number of nitro groups is 1. The number of carbonyl (C=O) groups is 1. The number of aromatic hydroxyl groups is 1. The van der Waals surface area contributed by atoms with E-state index < -0.39 is 10.5 Å². The van der Waals surface area contributed by atoms with Crippen LogP contribution in [0.4, 0.5) is 17.1 Å². The van der Waals surface area contributed by atoms with Crippen molar-refractivity contribution in [2.24, 2.45) is 0 Å². The van der Waals surface area contributed by atoms with Crippen LogP contribution in [0.2, 0.25) is 0 Å². The number of nitrogens with zero attached hydrogens (tertiary/aromatic N) is 2. The number of benzene rings is 3. The first-order valence-corrected chi connectivity index (χ1v) is 12.3. The number of thiol groups is 1. The van der Waals surface area contributed by atoms with Gasteiger partial charge in [-0.05, 0) is 62.4 Å². The summed E-state index contributed by atoms with van der Waals surface area (Å²) in [6, 6.07) is 13.1. The normalized spacial score (nSPS) is 13.6. The maximum atomic E-state index is 13.1. The Morgan fingerprint density at radius 1 is 1.08 bits per heavy atom. The minimum atomic E-state index is -0.797. The molecule has 0 bridgehead atoms. The van der Waals surface area contributed by atoms with E-state index >= 15 is 0 Å². The van der Waals surface area contributed by atoms with Gasteiger partial charge in [-0.25, -0.2) is 0 Å². The summed E-state index contributed by atoms with van der Waals surface area (Å²) < 4.78 is 11.6. The van der Waals surface area contributed by atoms with E-state index in [1.165, 1.54) is 25.3 Å².